The summed E-state index contributed by atoms with van der Waals surface area (Å²) in [4.78, 5) is 89.7. The molecule has 1 aliphatic rings. The first-order chi connectivity index (χ1) is 19.1. The minimum atomic E-state index is -2.51. The monoisotopic (exact) mass is 612 g/mol. The van der Waals surface area contributed by atoms with E-state index in [4.69, 9.17) is 14.2 Å². The number of nitrogens with zero attached hydrogens (tertiary/aromatic N) is 6. The Morgan fingerprint density at radius 1 is 0.805 bits per heavy atom. The molecular formula is C13H20N6O22. The van der Waals surface area contributed by atoms with E-state index in [1.54, 1.807) is 0 Å². The van der Waals surface area contributed by atoms with Crippen LogP contribution in [0.2, 0.25) is 0 Å². The van der Waals surface area contributed by atoms with Gasteiger partial charge < -0.3 is 48.3 Å². The summed E-state index contributed by atoms with van der Waals surface area (Å²) in [5.74, 6) is 0. The topological polar surface area (TPSA) is 362 Å². The Kier molecular flexibility index (Phi) is 13.5. The summed E-state index contributed by atoms with van der Waals surface area (Å²) >= 11 is 0. The van der Waals surface area contributed by atoms with Crippen LogP contribution in [0.15, 0.2) is 0 Å². The Balaban J connectivity index is 3.24. The van der Waals surface area contributed by atoms with Crippen LogP contribution in [-0.4, -0.2) is 105 Å². The van der Waals surface area contributed by atoms with Gasteiger partial charge >= 0.3 is 0 Å². The zero-order valence-electron chi connectivity index (χ0n) is 20.2. The molecule has 0 spiro atoms. The van der Waals surface area contributed by atoms with E-state index in [-0.39, 0.29) is 0 Å². The SMILES string of the molecule is C[C@H](CO[N+](=O)[O-])OC(O)C(O[N+](=O)[O-])C(COC1OC(CO[N+](=O)[O-])CC(O[N+](=O)[O-])C1O[N+](=O)[O-])O[N+](=O)[O-]. The van der Waals surface area contributed by atoms with Crippen LogP contribution in [-0.2, 0) is 43.2 Å². The third-order valence-electron chi connectivity index (χ3n) is 4.54. The second kappa shape index (κ2) is 16.2. The van der Waals surface area contributed by atoms with Gasteiger partial charge in [0.25, 0.3) is 30.5 Å². The summed E-state index contributed by atoms with van der Waals surface area (Å²) in [6.07, 6.45) is -17.1. The van der Waals surface area contributed by atoms with Crippen LogP contribution < -0.4 is 0 Å². The molecule has 1 fully saturated rings. The molecule has 8 atom stereocenters. The van der Waals surface area contributed by atoms with Crippen LogP contribution in [0.4, 0.5) is 0 Å². The predicted octanol–water partition coefficient (Wildman–Crippen LogP) is -2.43. The fourth-order valence-corrected chi connectivity index (χ4v) is 3.12. The Bertz CT molecular complexity index is 938. The zero-order valence-corrected chi connectivity index (χ0v) is 20.2. The molecule has 1 saturated heterocycles. The lowest BCUT2D eigenvalue weighted by Gasteiger charge is -2.39. The lowest BCUT2D eigenvalue weighted by molar-refractivity contribution is -0.807. The summed E-state index contributed by atoms with van der Waals surface area (Å²) in [6, 6.07) is 0. The van der Waals surface area contributed by atoms with Gasteiger partial charge in [0.05, 0.1) is 18.8 Å². The number of rotatable bonds is 21. The molecule has 0 saturated carbocycles. The molecule has 0 aromatic carbocycles. The van der Waals surface area contributed by atoms with Crippen LogP contribution in [0, 0.1) is 60.7 Å². The van der Waals surface area contributed by atoms with Gasteiger partial charge in [0, 0.05) is 6.42 Å². The van der Waals surface area contributed by atoms with Crippen molar-refractivity contribution in [3.8, 4) is 0 Å². The maximum Gasteiger partial charge on any atom is 0.295 e. The summed E-state index contributed by atoms with van der Waals surface area (Å²) in [6.45, 7) is -1.98. The molecule has 1 aliphatic heterocycles. The molecule has 1 rings (SSSR count). The smallest absolute Gasteiger partial charge is 0.295 e. The number of aliphatic hydroxyl groups excluding tert-OH is 1. The van der Waals surface area contributed by atoms with Crippen LogP contribution >= 0.6 is 0 Å². The maximum atomic E-state index is 11.0. The molecule has 1 heterocycles. The van der Waals surface area contributed by atoms with Crippen LogP contribution in [0.5, 0.6) is 0 Å². The first-order valence-electron chi connectivity index (χ1n) is 10.5. The van der Waals surface area contributed by atoms with Crippen molar-refractivity contribution in [1.82, 2.24) is 0 Å². The van der Waals surface area contributed by atoms with Crippen molar-refractivity contribution in [3.05, 3.63) is 60.7 Å². The molecule has 234 valence electrons. The molecule has 0 aliphatic carbocycles. The summed E-state index contributed by atoms with van der Waals surface area (Å²) in [5, 5.41) is 66.4. The highest BCUT2D eigenvalue weighted by Crippen LogP contribution is 2.28. The summed E-state index contributed by atoms with van der Waals surface area (Å²) < 4.78 is 15.2. The highest BCUT2D eigenvalue weighted by Gasteiger charge is 2.46. The average molecular weight is 612 g/mol. The predicted molar refractivity (Wildman–Crippen MR) is 109 cm³/mol. The number of ether oxygens (including phenoxy) is 3. The van der Waals surface area contributed by atoms with Crippen molar-refractivity contribution in [2.75, 3.05) is 19.8 Å². The fraction of sp³-hybridized carbons (Fsp3) is 1.00. The van der Waals surface area contributed by atoms with Crippen LogP contribution in [0.25, 0.3) is 0 Å². The van der Waals surface area contributed by atoms with Gasteiger partial charge in [0.15, 0.2) is 30.9 Å². The summed E-state index contributed by atoms with van der Waals surface area (Å²) in [7, 11) is 0. The zero-order chi connectivity index (χ0) is 31.3. The van der Waals surface area contributed by atoms with E-state index in [1.165, 1.54) is 0 Å². The van der Waals surface area contributed by atoms with Crippen LogP contribution in [0.1, 0.15) is 13.3 Å². The van der Waals surface area contributed by atoms with E-state index in [9.17, 15) is 65.8 Å². The van der Waals surface area contributed by atoms with Gasteiger partial charge in [-0.1, -0.05) is 0 Å². The second-order valence-electron chi connectivity index (χ2n) is 7.39. The number of hydrogen-bond donors (Lipinski definition) is 1. The fourth-order valence-electron chi connectivity index (χ4n) is 3.12. The van der Waals surface area contributed by atoms with Gasteiger partial charge in [0.2, 0.25) is 0 Å². The van der Waals surface area contributed by atoms with Gasteiger partial charge in [-0.15, -0.1) is 60.7 Å². The quantitative estimate of drug-likeness (QED) is 0.0799. The standard InChI is InChI=1S/C13H20N6O22/c1-6(3-34-14(21)22)36-12(20)10(40-18(29)30)9(39-17(27)28)5-33-13-11(41-19(31)32)8(38-16(25)26)2-7(37-13)4-35-15(23)24/h6-13,20H,2-5H2,1H3/t6-,7?,8?,9?,10?,11?,12?,13?/m1/s1. The molecule has 0 bridgehead atoms. The molecule has 0 aromatic rings. The Morgan fingerprint density at radius 2 is 1.39 bits per heavy atom. The molecule has 0 amide bonds. The first kappa shape index (κ1) is 34.1. The molecule has 28 heteroatoms. The van der Waals surface area contributed by atoms with E-state index >= 15 is 0 Å². The summed E-state index contributed by atoms with van der Waals surface area (Å²) in [5.41, 5.74) is 0. The van der Waals surface area contributed by atoms with E-state index in [0.29, 0.717) is 0 Å². The van der Waals surface area contributed by atoms with Crippen molar-refractivity contribution in [3.63, 3.8) is 0 Å². The van der Waals surface area contributed by atoms with Gasteiger partial charge in [-0.3, -0.25) is 0 Å². The Morgan fingerprint density at radius 3 is 1.90 bits per heavy atom. The minimum absolute atomic E-state index is 0.675. The molecule has 0 radical (unpaired) electrons. The molecule has 41 heavy (non-hydrogen) atoms. The van der Waals surface area contributed by atoms with Crippen molar-refractivity contribution in [2.24, 2.45) is 0 Å². The minimum Gasteiger partial charge on any atom is -0.366 e. The van der Waals surface area contributed by atoms with Gasteiger partial charge in [0.1, 0.15) is 19.3 Å². The van der Waals surface area contributed by atoms with Crippen molar-refractivity contribution < 1.29 is 78.9 Å². The maximum absolute atomic E-state index is 11.0. The van der Waals surface area contributed by atoms with E-state index in [1.807, 2.05) is 0 Å². The highest BCUT2D eigenvalue weighted by molar-refractivity contribution is 4.83. The largest absolute Gasteiger partial charge is 0.366 e. The van der Waals surface area contributed by atoms with Crippen molar-refractivity contribution in [2.45, 2.75) is 62.5 Å². The Hall–Kier alpha value is -4.96. The lowest BCUT2D eigenvalue weighted by Crippen LogP contribution is -2.55. The third-order valence-corrected chi connectivity index (χ3v) is 4.54. The van der Waals surface area contributed by atoms with Gasteiger partial charge in [-0.2, -0.15) is 0 Å². The highest BCUT2D eigenvalue weighted by atomic mass is 17.0. The van der Waals surface area contributed by atoms with Gasteiger partial charge in [-0.25, -0.2) is 0 Å². The molecule has 0 aromatic heterocycles. The first-order valence-corrected chi connectivity index (χ1v) is 10.5. The van der Waals surface area contributed by atoms with Crippen molar-refractivity contribution in [1.29, 1.82) is 0 Å². The normalized spacial score (nSPS) is 23.0. The van der Waals surface area contributed by atoms with Crippen molar-refractivity contribution >= 4 is 0 Å². The molecular weight excluding hydrogens is 592 g/mol. The number of aliphatic hydroxyl groups is 1. The lowest BCUT2D eigenvalue weighted by atomic mass is 10.0. The van der Waals surface area contributed by atoms with E-state index in [0.717, 1.165) is 6.92 Å². The van der Waals surface area contributed by atoms with Crippen LogP contribution in [0.3, 0.4) is 0 Å². The number of hydrogen-bond acceptors (Lipinski definition) is 22. The second-order valence-corrected chi connectivity index (χ2v) is 7.39. The van der Waals surface area contributed by atoms with E-state index < -0.39 is 106 Å². The molecule has 1 N–H and O–H groups in total. The van der Waals surface area contributed by atoms with E-state index in [2.05, 4.69) is 29.0 Å². The Labute approximate surface area is 223 Å². The van der Waals surface area contributed by atoms with Gasteiger partial charge in [-0.05, 0) is 6.92 Å². The molecule has 7 unspecified atom stereocenters. The third kappa shape index (κ3) is 13.1. The molecule has 28 nitrogen and oxygen atoms in total. The average Bonchev–Trinajstić information content (AvgIpc) is 2.83.